The van der Waals surface area contributed by atoms with Gasteiger partial charge in [0.2, 0.25) is 0 Å². The van der Waals surface area contributed by atoms with Crippen LogP contribution in [0.15, 0.2) is 0 Å². The summed E-state index contributed by atoms with van der Waals surface area (Å²) in [6.07, 6.45) is 0. The van der Waals surface area contributed by atoms with E-state index in [4.69, 9.17) is 9.47 Å². The third-order valence-electron chi connectivity index (χ3n) is 3.09. The molecule has 0 aromatic carbocycles. The first kappa shape index (κ1) is 12.9. The van der Waals surface area contributed by atoms with Gasteiger partial charge in [-0.25, -0.2) is 0 Å². The lowest BCUT2D eigenvalue weighted by atomic mass is 10.2. The van der Waals surface area contributed by atoms with Gasteiger partial charge in [-0.2, -0.15) is 0 Å². The van der Waals surface area contributed by atoms with Gasteiger partial charge in [-0.3, -0.25) is 4.90 Å². The first-order valence-corrected chi connectivity index (χ1v) is 5.76. The molecule has 0 radical (unpaired) electrons. The molecule has 0 N–H and O–H groups in total. The average Bonchev–Trinajstić information content (AvgIpc) is 2.29. The highest BCUT2D eigenvalue weighted by molar-refractivity contribution is 4.77. The molecule has 1 aliphatic rings. The van der Waals surface area contributed by atoms with E-state index in [0.717, 1.165) is 32.8 Å². The van der Waals surface area contributed by atoms with Crippen LogP contribution in [0.5, 0.6) is 0 Å². The lowest BCUT2D eigenvalue weighted by Crippen LogP contribution is -2.52. The monoisotopic (exact) mass is 216 g/mol. The van der Waals surface area contributed by atoms with Crippen LogP contribution in [0.2, 0.25) is 0 Å². The molecule has 4 heteroatoms. The number of nitrogens with zero attached hydrogens (tertiary/aromatic N) is 2. The number of ether oxygens (including phenoxy) is 2. The Kier molecular flexibility index (Phi) is 6.17. The molecule has 0 amide bonds. The summed E-state index contributed by atoms with van der Waals surface area (Å²) in [5.41, 5.74) is 0. The zero-order valence-electron chi connectivity index (χ0n) is 10.2. The molecule has 0 unspecified atom stereocenters. The summed E-state index contributed by atoms with van der Waals surface area (Å²) in [4.78, 5) is 4.95. The summed E-state index contributed by atoms with van der Waals surface area (Å²) in [5, 5.41) is 0. The molecular weight excluding hydrogens is 192 g/mol. The van der Waals surface area contributed by atoms with E-state index < -0.39 is 0 Å². The second kappa shape index (κ2) is 7.17. The van der Waals surface area contributed by atoms with E-state index in [-0.39, 0.29) is 0 Å². The molecule has 1 saturated heterocycles. The summed E-state index contributed by atoms with van der Waals surface area (Å²) in [5.74, 6) is 0. The molecule has 0 aliphatic carbocycles. The smallest absolute Gasteiger partial charge is 0.0640 e. The lowest BCUT2D eigenvalue weighted by Gasteiger charge is -2.38. The fraction of sp³-hybridized carbons (Fsp3) is 1.00. The zero-order chi connectivity index (χ0) is 11.1. The highest BCUT2D eigenvalue weighted by atomic mass is 16.5. The Hall–Kier alpha value is -0.160. The van der Waals surface area contributed by atoms with Gasteiger partial charge in [0, 0.05) is 40.4 Å². The van der Waals surface area contributed by atoms with Crippen molar-refractivity contribution in [2.24, 2.45) is 0 Å². The van der Waals surface area contributed by atoms with Crippen LogP contribution < -0.4 is 0 Å². The van der Waals surface area contributed by atoms with E-state index in [1.807, 2.05) is 0 Å². The van der Waals surface area contributed by atoms with E-state index in [1.54, 1.807) is 14.2 Å². The Labute approximate surface area is 93.1 Å². The van der Waals surface area contributed by atoms with Crippen LogP contribution in [0, 0.1) is 0 Å². The van der Waals surface area contributed by atoms with Gasteiger partial charge < -0.3 is 14.4 Å². The van der Waals surface area contributed by atoms with Crippen LogP contribution >= 0.6 is 0 Å². The third kappa shape index (κ3) is 4.07. The number of methoxy groups -OCH3 is 2. The van der Waals surface area contributed by atoms with Gasteiger partial charge in [0.15, 0.2) is 0 Å². The number of hydrogen-bond acceptors (Lipinski definition) is 4. The predicted molar refractivity (Wildman–Crippen MR) is 61.2 cm³/mol. The number of piperazine rings is 1. The molecule has 1 heterocycles. The van der Waals surface area contributed by atoms with Crippen LogP contribution in [0.25, 0.3) is 0 Å². The van der Waals surface area contributed by atoms with E-state index in [9.17, 15) is 0 Å². The van der Waals surface area contributed by atoms with Crippen molar-refractivity contribution in [1.82, 2.24) is 9.80 Å². The van der Waals surface area contributed by atoms with Gasteiger partial charge in [0.05, 0.1) is 19.3 Å². The Morgan fingerprint density at radius 2 is 1.53 bits per heavy atom. The largest absolute Gasteiger partial charge is 0.383 e. The molecule has 15 heavy (non-hydrogen) atoms. The van der Waals surface area contributed by atoms with Crippen molar-refractivity contribution in [3.63, 3.8) is 0 Å². The van der Waals surface area contributed by atoms with Crippen molar-refractivity contribution in [2.75, 3.05) is 60.2 Å². The van der Waals surface area contributed by atoms with E-state index >= 15 is 0 Å². The summed E-state index contributed by atoms with van der Waals surface area (Å²) in [6, 6.07) is 0.416. The van der Waals surface area contributed by atoms with Crippen LogP contribution in [-0.2, 0) is 9.47 Å². The summed E-state index contributed by atoms with van der Waals surface area (Å²) < 4.78 is 10.5. The van der Waals surface area contributed by atoms with Crippen molar-refractivity contribution in [1.29, 1.82) is 0 Å². The molecule has 0 aromatic heterocycles. The third-order valence-corrected chi connectivity index (χ3v) is 3.09. The second-order valence-electron chi connectivity index (χ2n) is 4.03. The Morgan fingerprint density at radius 1 is 1.00 bits per heavy atom. The molecule has 0 bridgehead atoms. The first-order chi connectivity index (χ1) is 7.31. The Morgan fingerprint density at radius 3 is 1.93 bits per heavy atom. The SMILES string of the molecule is CCN1CCN(C(COC)COC)CC1. The molecular formula is C11H24N2O2. The quantitative estimate of drug-likeness (QED) is 0.637. The van der Waals surface area contributed by atoms with Crippen molar-refractivity contribution in [2.45, 2.75) is 13.0 Å². The van der Waals surface area contributed by atoms with E-state index in [2.05, 4.69) is 16.7 Å². The highest BCUT2D eigenvalue weighted by Crippen LogP contribution is 2.07. The van der Waals surface area contributed by atoms with Gasteiger partial charge in [-0.15, -0.1) is 0 Å². The molecule has 1 aliphatic heterocycles. The van der Waals surface area contributed by atoms with Gasteiger partial charge in [0.1, 0.15) is 0 Å². The fourth-order valence-corrected chi connectivity index (χ4v) is 2.09. The number of likely N-dealkylation sites (N-methyl/N-ethyl adjacent to an activating group) is 1. The summed E-state index contributed by atoms with van der Waals surface area (Å²) >= 11 is 0. The fourth-order valence-electron chi connectivity index (χ4n) is 2.09. The normalized spacial score (nSPS) is 20.0. The minimum atomic E-state index is 0.416. The van der Waals surface area contributed by atoms with Crippen LogP contribution in [0.1, 0.15) is 6.92 Å². The summed E-state index contributed by atoms with van der Waals surface area (Å²) in [7, 11) is 3.51. The van der Waals surface area contributed by atoms with Crippen molar-refractivity contribution < 1.29 is 9.47 Å². The molecule has 90 valence electrons. The van der Waals surface area contributed by atoms with Gasteiger partial charge >= 0.3 is 0 Å². The summed E-state index contributed by atoms with van der Waals surface area (Å²) in [6.45, 7) is 9.50. The van der Waals surface area contributed by atoms with E-state index in [1.165, 1.54) is 13.1 Å². The Bertz CT molecular complexity index is 153. The maximum atomic E-state index is 5.23. The first-order valence-electron chi connectivity index (χ1n) is 5.76. The topological polar surface area (TPSA) is 24.9 Å². The highest BCUT2D eigenvalue weighted by Gasteiger charge is 2.22. The molecule has 4 nitrogen and oxygen atoms in total. The van der Waals surface area contributed by atoms with Gasteiger partial charge in [0.25, 0.3) is 0 Å². The van der Waals surface area contributed by atoms with Crippen LogP contribution in [0.3, 0.4) is 0 Å². The second-order valence-corrected chi connectivity index (χ2v) is 4.03. The van der Waals surface area contributed by atoms with Gasteiger partial charge in [-0.1, -0.05) is 6.92 Å². The van der Waals surface area contributed by atoms with E-state index in [0.29, 0.717) is 6.04 Å². The molecule has 1 rings (SSSR count). The molecule has 1 fully saturated rings. The molecule has 0 aromatic rings. The van der Waals surface area contributed by atoms with Gasteiger partial charge in [-0.05, 0) is 6.54 Å². The van der Waals surface area contributed by atoms with Crippen LogP contribution in [-0.4, -0.2) is 76.0 Å². The predicted octanol–water partition coefficient (Wildman–Crippen LogP) is 0.285. The van der Waals surface area contributed by atoms with Crippen molar-refractivity contribution >= 4 is 0 Å². The standard InChI is InChI=1S/C11H24N2O2/c1-4-12-5-7-13(8-6-12)11(9-14-2)10-15-3/h11H,4-10H2,1-3H3. The maximum absolute atomic E-state index is 5.23. The Balaban J connectivity index is 2.34. The number of rotatable bonds is 6. The van der Waals surface area contributed by atoms with Crippen molar-refractivity contribution in [3.8, 4) is 0 Å². The number of hydrogen-bond donors (Lipinski definition) is 0. The van der Waals surface area contributed by atoms with Crippen molar-refractivity contribution in [3.05, 3.63) is 0 Å². The average molecular weight is 216 g/mol. The zero-order valence-corrected chi connectivity index (χ0v) is 10.2. The lowest BCUT2D eigenvalue weighted by molar-refractivity contribution is 0.0117. The molecule has 0 atom stereocenters. The van der Waals surface area contributed by atoms with Crippen LogP contribution in [0.4, 0.5) is 0 Å². The molecule has 0 saturated carbocycles. The minimum Gasteiger partial charge on any atom is -0.383 e. The molecule has 0 spiro atoms. The maximum Gasteiger partial charge on any atom is 0.0640 e. The minimum absolute atomic E-state index is 0.416.